The minimum atomic E-state index is -0.369. The number of benzene rings is 2. The summed E-state index contributed by atoms with van der Waals surface area (Å²) in [4.78, 5) is 26.5. The summed E-state index contributed by atoms with van der Waals surface area (Å²) in [5.41, 5.74) is 1.53. The van der Waals surface area contributed by atoms with Gasteiger partial charge in [-0.25, -0.2) is 9.49 Å². The summed E-state index contributed by atoms with van der Waals surface area (Å²) in [6.07, 6.45) is 0.0311. The van der Waals surface area contributed by atoms with Gasteiger partial charge in [-0.2, -0.15) is 5.10 Å². The van der Waals surface area contributed by atoms with Gasteiger partial charge in [0, 0.05) is 17.3 Å². The van der Waals surface area contributed by atoms with Crippen molar-refractivity contribution in [3.05, 3.63) is 69.9 Å². The number of nitrogens with one attached hydrogen (secondary N) is 1. The average molecular weight is 351 g/mol. The maximum atomic E-state index is 13.7. The molecule has 132 valence electrons. The average Bonchev–Trinajstić information content (AvgIpc) is 2.88. The monoisotopic (exact) mass is 351 g/mol. The zero-order valence-electron chi connectivity index (χ0n) is 14.5. The van der Waals surface area contributed by atoms with E-state index in [1.54, 1.807) is 35.2 Å². The van der Waals surface area contributed by atoms with Gasteiger partial charge in [0.1, 0.15) is 5.82 Å². The van der Waals surface area contributed by atoms with Gasteiger partial charge in [0.05, 0.1) is 23.2 Å². The topological polar surface area (TPSA) is 66.1 Å². The number of amides is 1. The fraction of sp³-hybridized carbons (Fsp3) is 0.250. The Morgan fingerprint density at radius 2 is 1.96 bits per heavy atom. The Balaban J connectivity index is 1.72. The Bertz CT molecular complexity index is 1090. The first kappa shape index (κ1) is 16.4. The molecular weight excluding hydrogens is 333 g/mol. The van der Waals surface area contributed by atoms with Gasteiger partial charge in [0.2, 0.25) is 5.91 Å². The summed E-state index contributed by atoms with van der Waals surface area (Å²) in [5, 5.41) is 7.67. The zero-order chi connectivity index (χ0) is 18.5. The zero-order valence-corrected chi connectivity index (χ0v) is 14.5. The molecule has 0 unspecified atom stereocenters. The summed E-state index contributed by atoms with van der Waals surface area (Å²) in [6.45, 7) is 4.54. The summed E-state index contributed by atoms with van der Waals surface area (Å²) >= 11 is 0. The summed E-state index contributed by atoms with van der Waals surface area (Å²) in [7, 11) is 0. The molecule has 4 rings (SSSR count). The predicted molar refractivity (Wildman–Crippen MR) is 97.8 cm³/mol. The van der Waals surface area contributed by atoms with Gasteiger partial charge in [-0.1, -0.05) is 38.1 Å². The Kier molecular flexibility index (Phi) is 3.64. The molecular formula is C20H18FN3O2. The van der Waals surface area contributed by atoms with Gasteiger partial charge in [-0.05, 0) is 23.8 Å². The van der Waals surface area contributed by atoms with Crippen molar-refractivity contribution in [1.29, 1.82) is 0 Å². The van der Waals surface area contributed by atoms with Crippen LogP contribution in [0.3, 0.4) is 0 Å². The Hall–Kier alpha value is -3.02. The number of anilines is 1. The Morgan fingerprint density at radius 3 is 2.73 bits per heavy atom. The van der Waals surface area contributed by atoms with Crippen LogP contribution in [0, 0.1) is 5.82 Å². The molecule has 5 nitrogen and oxygen atoms in total. The summed E-state index contributed by atoms with van der Waals surface area (Å²) < 4.78 is 13.7. The first-order valence-electron chi connectivity index (χ1n) is 8.43. The van der Waals surface area contributed by atoms with Crippen LogP contribution in [0.15, 0.2) is 47.3 Å². The number of nitrogens with zero attached hydrogens (tertiary/aromatic N) is 2. The molecule has 1 aromatic heterocycles. The summed E-state index contributed by atoms with van der Waals surface area (Å²) in [5.74, 6) is -0.543. The van der Waals surface area contributed by atoms with Crippen LogP contribution in [-0.4, -0.2) is 22.6 Å². The molecule has 2 aromatic carbocycles. The van der Waals surface area contributed by atoms with Crippen molar-refractivity contribution in [3.8, 4) is 0 Å². The van der Waals surface area contributed by atoms with E-state index in [1.165, 1.54) is 12.1 Å². The molecule has 0 atom stereocenters. The molecule has 6 heteroatoms. The van der Waals surface area contributed by atoms with Crippen LogP contribution in [0.25, 0.3) is 10.8 Å². The van der Waals surface area contributed by atoms with Crippen LogP contribution < -0.4 is 10.5 Å². The molecule has 0 spiro atoms. The Labute approximate surface area is 149 Å². The van der Waals surface area contributed by atoms with E-state index < -0.39 is 0 Å². The number of rotatable bonds is 2. The van der Waals surface area contributed by atoms with Crippen molar-refractivity contribution in [2.45, 2.75) is 25.7 Å². The molecule has 1 amide bonds. The minimum Gasteiger partial charge on any atom is -0.311 e. The van der Waals surface area contributed by atoms with Crippen LogP contribution in [0.1, 0.15) is 25.1 Å². The van der Waals surface area contributed by atoms with Gasteiger partial charge in [0.25, 0.3) is 5.56 Å². The normalized spacial score (nSPS) is 15.3. The minimum absolute atomic E-state index is 0.0311. The first-order valence-corrected chi connectivity index (χ1v) is 8.43. The molecule has 0 bridgehead atoms. The highest BCUT2D eigenvalue weighted by Gasteiger charge is 2.38. The van der Waals surface area contributed by atoms with Crippen molar-refractivity contribution in [2.24, 2.45) is 0 Å². The van der Waals surface area contributed by atoms with Gasteiger partial charge >= 0.3 is 0 Å². The maximum absolute atomic E-state index is 13.7. The largest absolute Gasteiger partial charge is 0.311 e. The van der Waals surface area contributed by atoms with Crippen molar-refractivity contribution in [1.82, 2.24) is 10.2 Å². The number of halogens is 1. The van der Waals surface area contributed by atoms with Gasteiger partial charge in [-0.3, -0.25) is 9.59 Å². The van der Waals surface area contributed by atoms with E-state index in [0.717, 1.165) is 5.56 Å². The maximum Gasteiger partial charge on any atom is 0.272 e. The first-order chi connectivity index (χ1) is 12.4. The lowest BCUT2D eigenvalue weighted by Crippen LogP contribution is -2.35. The second-order valence-corrected chi connectivity index (χ2v) is 7.25. The molecule has 1 N–H and O–H groups in total. The van der Waals surface area contributed by atoms with Gasteiger partial charge in [0.15, 0.2) is 0 Å². The molecule has 0 saturated heterocycles. The SMILES string of the molecule is CC1(C)CN(C(=O)Cc2n[nH]c(=O)c3ccccc23)c2cc(F)ccc21. The second kappa shape index (κ2) is 5.76. The third kappa shape index (κ3) is 2.58. The highest BCUT2D eigenvalue weighted by Crippen LogP contribution is 2.41. The van der Waals surface area contributed by atoms with E-state index >= 15 is 0 Å². The van der Waals surface area contributed by atoms with E-state index in [9.17, 15) is 14.0 Å². The van der Waals surface area contributed by atoms with Crippen LogP contribution in [0.5, 0.6) is 0 Å². The standard InChI is InChI=1S/C20H18FN3O2/c1-20(2)11-24(17-9-12(21)7-8-15(17)20)18(25)10-16-13-5-3-4-6-14(13)19(26)23-22-16/h3-9H,10-11H2,1-2H3,(H,23,26). The van der Waals surface area contributed by atoms with E-state index in [2.05, 4.69) is 10.2 Å². The number of aromatic amines is 1. The van der Waals surface area contributed by atoms with Crippen LogP contribution >= 0.6 is 0 Å². The highest BCUT2D eigenvalue weighted by atomic mass is 19.1. The number of carbonyl (C=O) groups is 1. The fourth-order valence-corrected chi connectivity index (χ4v) is 3.63. The van der Waals surface area contributed by atoms with Crippen molar-refractivity contribution in [2.75, 3.05) is 11.4 Å². The molecule has 26 heavy (non-hydrogen) atoms. The quantitative estimate of drug-likeness (QED) is 0.772. The number of H-pyrrole nitrogens is 1. The van der Waals surface area contributed by atoms with Crippen molar-refractivity contribution >= 4 is 22.4 Å². The molecule has 0 saturated carbocycles. The molecule has 0 fully saturated rings. The highest BCUT2D eigenvalue weighted by molar-refractivity contribution is 5.99. The lowest BCUT2D eigenvalue weighted by molar-refractivity contribution is -0.118. The molecule has 1 aliphatic heterocycles. The predicted octanol–water partition coefficient (Wildman–Crippen LogP) is 2.93. The van der Waals surface area contributed by atoms with E-state index in [-0.39, 0.29) is 29.1 Å². The second-order valence-electron chi connectivity index (χ2n) is 7.25. The third-order valence-electron chi connectivity index (χ3n) is 4.93. The van der Waals surface area contributed by atoms with Gasteiger partial charge in [-0.15, -0.1) is 0 Å². The lowest BCUT2D eigenvalue weighted by Gasteiger charge is -2.21. The molecule has 2 heterocycles. The number of hydrogen-bond donors (Lipinski definition) is 1. The van der Waals surface area contributed by atoms with Crippen molar-refractivity contribution < 1.29 is 9.18 Å². The number of carbonyl (C=O) groups excluding carboxylic acids is 1. The van der Waals surface area contributed by atoms with Crippen molar-refractivity contribution in [3.63, 3.8) is 0 Å². The number of fused-ring (bicyclic) bond motifs is 2. The smallest absolute Gasteiger partial charge is 0.272 e. The lowest BCUT2D eigenvalue weighted by atomic mass is 9.87. The third-order valence-corrected chi connectivity index (χ3v) is 4.93. The fourth-order valence-electron chi connectivity index (χ4n) is 3.63. The van der Waals surface area contributed by atoms with Gasteiger partial charge < -0.3 is 4.90 Å². The number of hydrogen-bond acceptors (Lipinski definition) is 3. The number of aromatic nitrogens is 2. The van der Waals surface area contributed by atoms with Crippen LogP contribution in [-0.2, 0) is 16.6 Å². The molecule has 0 radical (unpaired) electrons. The molecule has 1 aliphatic rings. The van der Waals surface area contributed by atoms with E-state index in [4.69, 9.17) is 0 Å². The molecule has 0 aliphatic carbocycles. The van der Waals surface area contributed by atoms with E-state index in [1.807, 2.05) is 13.8 Å². The molecule has 3 aromatic rings. The Morgan fingerprint density at radius 1 is 1.23 bits per heavy atom. The van der Waals surface area contributed by atoms with Crippen LogP contribution in [0.4, 0.5) is 10.1 Å². The van der Waals surface area contributed by atoms with Crippen LogP contribution in [0.2, 0.25) is 0 Å². The van der Waals surface area contributed by atoms with E-state index in [0.29, 0.717) is 28.7 Å². The summed E-state index contributed by atoms with van der Waals surface area (Å²) in [6, 6.07) is 11.6.